The topological polar surface area (TPSA) is 98.0 Å². The van der Waals surface area contributed by atoms with E-state index in [1.54, 1.807) is 42.7 Å². The van der Waals surface area contributed by atoms with Crippen molar-refractivity contribution in [3.8, 4) is 11.4 Å². The first-order chi connectivity index (χ1) is 14.4. The summed E-state index contributed by atoms with van der Waals surface area (Å²) in [6, 6.07) is 12.2. The maximum atomic E-state index is 14.0. The molecule has 0 saturated heterocycles. The summed E-state index contributed by atoms with van der Waals surface area (Å²) in [7, 11) is -4.36. The molecule has 30 heavy (non-hydrogen) atoms. The molecule has 7 nitrogen and oxygen atoms in total. The number of para-hydroxylation sites is 1. The minimum atomic E-state index is -4.36. The van der Waals surface area contributed by atoms with Crippen molar-refractivity contribution in [3.05, 3.63) is 90.1 Å². The Morgan fingerprint density at radius 3 is 2.67 bits per heavy atom. The normalized spacial score (nSPS) is 11.4. The Balaban J connectivity index is 1.61. The number of anilines is 1. The SMILES string of the molecule is O=S(=O)(Nc1ccccc1Cc1nc(-c2cccnc2)no1)c1cc(F)ccc1F. The molecule has 152 valence electrons. The molecule has 2 aromatic heterocycles. The molecule has 4 aromatic rings. The fourth-order valence-electron chi connectivity index (χ4n) is 2.76. The largest absolute Gasteiger partial charge is 0.339 e. The van der Waals surface area contributed by atoms with Crippen LogP contribution < -0.4 is 4.72 Å². The second kappa shape index (κ2) is 7.99. The van der Waals surface area contributed by atoms with Crippen LogP contribution >= 0.6 is 0 Å². The summed E-state index contributed by atoms with van der Waals surface area (Å²) in [5.74, 6) is -1.33. The van der Waals surface area contributed by atoms with Gasteiger partial charge in [0.25, 0.3) is 10.0 Å². The molecule has 0 unspecified atom stereocenters. The summed E-state index contributed by atoms with van der Waals surface area (Å²) in [4.78, 5) is 7.50. The predicted molar refractivity (Wildman–Crippen MR) is 104 cm³/mol. The van der Waals surface area contributed by atoms with Crippen LogP contribution in [0.15, 0.2) is 76.4 Å². The van der Waals surface area contributed by atoms with Crippen LogP contribution in [0.3, 0.4) is 0 Å². The van der Waals surface area contributed by atoms with Crippen molar-refractivity contribution in [2.24, 2.45) is 0 Å². The van der Waals surface area contributed by atoms with Crippen molar-refractivity contribution in [1.82, 2.24) is 15.1 Å². The minimum absolute atomic E-state index is 0.123. The lowest BCUT2D eigenvalue weighted by atomic mass is 10.1. The van der Waals surface area contributed by atoms with Crippen molar-refractivity contribution in [1.29, 1.82) is 0 Å². The third-order valence-electron chi connectivity index (χ3n) is 4.17. The van der Waals surface area contributed by atoms with Gasteiger partial charge in [-0.3, -0.25) is 9.71 Å². The van der Waals surface area contributed by atoms with Gasteiger partial charge in [0.1, 0.15) is 16.5 Å². The van der Waals surface area contributed by atoms with E-state index >= 15 is 0 Å². The number of rotatable bonds is 6. The first kappa shape index (κ1) is 19.6. The van der Waals surface area contributed by atoms with Crippen molar-refractivity contribution in [2.45, 2.75) is 11.3 Å². The predicted octanol–water partition coefficient (Wildman–Crippen LogP) is 3.80. The highest BCUT2D eigenvalue weighted by Crippen LogP contribution is 2.25. The van der Waals surface area contributed by atoms with Crippen LogP contribution in [0.5, 0.6) is 0 Å². The fraction of sp³-hybridized carbons (Fsp3) is 0.0500. The van der Waals surface area contributed by atoms with Gasteiger partial charge in [0.2, 0.25) is 11.7 Å². The Labute approximate surface area is 170 Å². The molecule has 0 saturated carbocycles. The zero-order valence-corrected chi connectivity index (χ0v) is 16.1. The molecule has 0 amide bonds. The van der Waals surface area contributed by atoms with Gasteiger partial charge in [-0.2, -0.15) is 4.98 Å². The highest BCUT2D eigenvalue weighted by molar-refractivity contribution is 7.92. The zero-order chi connectivity index (χ0) is 21.1. The molecule has 0 fully saturated rings. The van der Waals surface area contributed by atoms with Gasteiger partial charge >= 0.3 is 0 Å². The van der Waals surface area contributed by atoms with Crippen LogP contribution in [0.2, 0.25) is 0 Å². The number of nitrogens with zero attached hydrogens (tertiary/aromatic N) is 3. The molecule has 1 N–H and O–H groups in total. The van der Waals surface area contributed by atoms with Crippen molar-refractivity contribution in [3.63, 3.8) is 0 Å². The monoisotopic (exact) mass is 428 g/mol. The first-order valence-corrected chi connectivity index (χ1v) is 10.2. The molecule has 0 bridgehead atoms. The van der Waals surface area contributed by atoms with Gasteiger partial charge in [-0.1, -0.05) is 23.4 Å². The van der Waals surface area contributed by atoms with E-state index in [1.807, 2.05) is 0 Å². The van der Waals surface area contributed by atoms with Crippen molar-refractivity contribution < 1.29 is 21.7 Å². The first-order valence-electron chi connectivity index (χ1n) is 8.71. The Bertz CT molecular complexity index is 1290. The molecule has 0 aliphatic heterocycles. The van der Waals surface area contributed by atoms with E-state index in [4.69, 9.17) is 4.52 Å². The third kappa shape index (κ3) is 4.18. The number of hydrogen-bond donors (Lipinski definition) is 1. The van der Waals surface area contributed by atoms with Crippen LogP contribution in [0.4, 0.5) is 14.5 Å². The Morgan fingerprint density at radius 1 is 1.03 bits per heavy atom. The van der Waals surface area contributed by atoms with Gasteiger partial charge in [-0.25, -0.2) is 17.2 Å². The Hall–Kier alpha value is -3.66. The minimum Gasteiger partial charge on any atom is -0.339 e. The maximum absolute atomic E-state index is 14.0. The van der Waals surface area contributed by atoms with Crippen LogP contribution in [0.25, 0.3) is 11.4 Å². The second-order valence-electron chi connectivity index (χ2n) is 6.27. The van der Waals surface area contributed by atoms with E-state index in [-0.39, 0.29) is 18.0 Å². The van der Waals surface area contributed by atoms with Crippen LogP contribution in [-0.4, -0.2) is 23.5 Å². The van der Waals surface area contributed by atoms with Crippen molar-refractivity contribution >= 4 is 15.7 Å². The lowest BCUT2D eigenvalue weighted by molar-refractivity contribution is 0.386. The van der Waals surface area contributed by atoms with E-state index < -0.39 is 26.6 Å². The number of sulfonamides is 1. The van der Waals surface area contributed by atoms with Gasteiger partial charge < -0.3 is 4.52 Å². The summed E-state index contributed by atoms with van der Waals surface area (Å²) >= 11 is 0. The number of benzene rings is 2. The lowest BCUT2D eigenvalue weighted by Gasteiger charge is -2.12. The van der Waals surface area contributed by atoms with Gasteiger partial charge in [-0.15, -0.1) is 0 Å². The highest BCUT2D eigenvalue weighted by atomic mass is 32.2. The van der Waals surface area contributed by atoms with E-state index in [0.717, 1.165) is 12.1 Å². The third-order valence-corrected chi connectivity index (χ3v) is 5.55. The molecule has 2 aromatic carbocycles. The molecule has 0 atom stereocenters. The summed E-state index contributed by atoms with van der Waals surface area (Å²) in [6.45, 7) is 0. The molecule has 10 heteroatoms. The lowest BCUT2D eigenvalue weighted by Crippen LogP contribution is -2.16. The standard InChI is InChI=1S/C20H14F2N4O3S/c21-15-7-8-16(22)18(11-15)30(27,28)26-17-6-2-1-4-13(17)10-19-24-20(25-29-19)14-5-3-9-23-12-14/h1-9,11-12,26H,10H2. The molecule has 0 spiro atoms. The zero-order valence-electron chi connectivity index (χ0n) is 15.3. The summed E-state index contributed by atoms with van der Waals surface area (Å²) in [5.41, 5.74) is 1.37. The molecule has 4 rings (SSSR count). The van der Waals surface area contributed by atoms with E-state index in [1.165, 1.54) is 6.07 Å². The van der Waals surface area contributed by atoms with Crippen LogP contribution in [0.1, 0.15) is 11.5 Å². The summed E-state index contributed by atoms with van der Waals surface area (Å²) in [5, 5.41) is 3.90. The molecule has 0 aliphatic rings. The van der Waals surface area contributed by atoms with Crippen LogP contribution in [0, 0.1) is 11.6 Å². The van der Waals surface area contributed by atoms with Crippen LogP contribution in [-0.2, 0) is 16.4 Å². The second-order valence-corrected chi connectivity index (χ2v) is 7.92. The molecular formula is C20H14F2N4O3S. The smallest absolute Gasteiger partial charge is 0.264 e. The number of aromatic nitrogens is 3. The van der Waals surface area contributed by atoms with Gasteiger partial charge in [0, 0.05) is 18.0 Å². The van der Waals surface area contributed by atoms with E-state index in [9.17, 15) is 17.2 Å². The van der Waals surface area contributed by atoms with E-state index in [0.29, 0.717) is 23.0 Å². The van der Waals surface area contributed by atoms with Gasteiger partial charge in [0.05, 0.1) is 12.1 Å². The summed E-state index contributed by atoms with van der Waals surface area (Å²) in [6.07, 6.45) is 3.33. The number of nitrogens with one attached hydrogen (secondary N) is 1. The number of hydrogen-bond acceptors (Lipinski definition) is 6. The Morgan fingerprint density at radius 2 is 1.87 bits per heavy atom. The summed E-state index contributed by atoms with van der Waals surface area (Å²) < 4.78 is 60.1. The number of halogens is 2. The molecule has 0 radical (unpaired) electrons. The average Bonchev–Trinajstić information content (AvgIpc) is 3.20. The average molecular weight is 428 g/mol. The van der Waals surface area contributed by atoms with Gasteiger partial charge in [-0.05, 0) is 42.0 Å². The quantitative estimate of drug-likeness (QED) is 0.502. The fourth-order valence-corrected chi connectivity index (χ4v) is 3.95. The molecule has 2 heterocycles. The highest BCUT2D eigenvalue weighted by Gasteiger charge is 2.22. The molecular weight excluding hydrogens is 414 g/mol. The Kier molecular flexibility index (Phi) is 5.23. The maximum Gasteiger partial charge on any atom is 0.264 e. The van der Waals surface area contributed by atoms with Crippen molar-refractivity contribution in [2.75, 3.05) is 4.72 Å². The number of pyridine rings is 1. The van der Waals surface area contributed by atoms with Gasteiger partial charge in [0.15, 0.2) is 0 Å². The van der Waals surface area contributed by atoms with E-state index in [2.05, 4.69) is 19.8 Å². The molecule has 0 aliphatic carbocycles.